The second kappa shape index (κ2) is 13.1. The Morgan fingerprint density at radius 1 is 1.07 bits per heavy atom. The number of nitrogens with zero attached hydrogens (tertiary/aromatic N) is 3. The van der Waals surface area contributed by atoms with Crippen LogP contribution >= 0.6 is 11.6 Å². The lowest BCUT2D eigenvalue weighted by Crippen LogP contribution is -2.59. The van der Waals surface area contributed by atoms with E-state index in [9.17, 15) is 19.5 Å². The lowest BCUT2D eigenvalue weighted by atomic mass is 9.70. The topological polar surface area (TPSA) is 99.6 Å². The van der Waals surface area contributed by atoms with E-state index < -0.39 is 35.6 Å². The van der Waals surface area contributed by atoms with Gasteiger partial charge in [0.15, 0.2) is 0 Å². The smallest absolute Gasteiger partial charge is 0.253 e. The number of fused-ring (bicyclic) bond motifs is 1. The number of ether oxygens (including phenoxy) is 2. The summed E-state index contributed by atoms with van der Waals surface area (Å²) in [5.74, 6) is -1.95. The number of amides is 3. The largest absolute Gasteiger partial charge is 0.494 e. The minimum absolute atomic E-state index is 0.187. The first-order chi connectivity index (χ1) is 21.3. The molecule has 3 aliphatic heterocycles. The fraction of sp³-hybridized carbons (Fsp3) is 0.441. The zero-order valence-electron chi connectivity index (χ0n) is 25.2. The third kappa shape index (κ3) is 5.31. The number of likely N-dealkylation sites (tertiary alicyclic amines) is 1. The van der Waals surface area contributed by atoms with Crippen LogP contribution in [0, 0.1) is 11.8 Å². The van der Waals surface area contributed by atoms with E-state index in [2.05, 4.69) is 13.2 Å². The molecule has 9 nitrogen and oxygen atoms in total. The summed E-state index contributed by atoms with van der Waals surface area (Å²) in [4.78, 5) is 48.2. The maximum absolute atomic E-state index is 14.6. The number of halogens is 1. The zero-order chi connectivity index (χ0) is 31.6. The summed E-state index contributed by atoms with van der Waals surface area (Å²) in [6, 6.07) is 12.4. The van der Waals surface area contributed by atoms with Crippen molar-refractivity contribution in [1.82, 2.24) is 4.90 Å². The molecule has 2 unspecified atom stereocenters. The van der Waals surface area contributed by atoms with Crippen molar-refractivity contribution < 1.29 is 29.0 Å². The van der Waals surface area contributed by atoms with Gasteiger partial charge in [-0.05, 0) is 74.7 Å². The molecule has 44 heavy (non-hydrogen) atoms. The molecule has 3 heterocycles. The molecule has 6 atom stereocenters. The summed E-state index contributed by atoms with van der Waals surface area (Å²) in [6.45, 7) is 12.1. The standard InChI is InChI=1S/C34H40ClN3O6/c1-5-19-36(25-13-15-26(16-14-25)43-8-4)31(40)28-27-17-18-34(44-27)29(28)32(41)38(23(7-3)21-39)30(34)33(42)37(20-6-2)24-11-9-22(35)10-12-24/h5-6,9-16,23,27-30,39H,1-2,7-8,17-21H2,3-4H3/t23-,27-,28+,29-,30?,34?/m0/s1. The molecule has 234 valence electrons. The van der Waals surface area contributed by atoms with Crippen molar-refractivity contribution in [3.05, 3.63) is 78.9 Å². The predicted molar refractivity (Wildman–Crippen MR) is 170 cm³/mol. The van der Waals surface area contributed by atoms with Crippen molar-refractivity contribution in [3.8, 4) is 5.75 Å². The van der Waals surface area contributed by atoms with E-state index in [0.717, 1.165) is 0 Å². The molecular weight excluding hydrogens is 582 g/mol. The SMILES string of the molecule is C=CCN(C(=O)C1N([C@@H](CC)CO)C(=O)[C@@H]2[C@H](C(=O)N(CC=C)c3ccc(OCC)cc3)[C@@H]3CCC12O3)c1ccc(Cl)cc1. The average molecular weight is 622 g/mol. The molecule has 3 aliphatic rings. The van der Waals surface area contributed by atoms with Crippen molar-refractivity contribution in [2.24, 2.45) is 11.8 Å². The number of hydrogen-bond acceptors (Lipinski definition) is 6. The van der Waals surface area contributed by atoms with Crippen molar-refractivity contribution in [1.29, 1.82) is 0 Å². The molecule has 1 spiro atoms. The zero-order valence-corrected chi connectivity index (χ0v) is 26.0. The first-order valence-electron chi connectivity index (χ1n) is 15.2. The molecule has 0 radical (unpaired) electrons. The van der Waals surface area contributed by atoms with Crippen molar-refractivity contribution in [2.45, 2.75) is 56.9 Å². The summed E-state index contributed by atoms with van der Waals surface area (Å²) in [7, 11) is 0. The highest BCUT2D eigenvalue weighted by molar-refractivity contribution is 6.30. The third-order valence-electron chi connectivity index (χ3n) is 9.09. The molecule has 3 saturated heterocycles. The van der Waals surface area contributed by atoms with Gasteiger partial charge >= 0.3 is 0 Å². The maximum atomic E-state index is 14.6. The first kappa shape index (κ1) is 31.8. The van der Waals surface area contributed by atoms with Gasteiger partial charge in [-0.1, -0.05) is 30.7 Å². The van der Waals surface area contributed by atoms with Gasteiger partial charge in [-0.15, -0.1) is 13.2 Å². The number of anilines is 2. The molecule has 0 aromatic heterocycles. The fourth-order valence-corrected chi connectivity index (χ4v) is 7.33. The molecule has 0 aliphatic carbocycles. The minimum Gasteiger partial charge on any atom is -0.494 e. The van der Waals surface area contributed by atoms with Crippen LogP contribution in [0.2, 0.25) is 5.02 Å². The first-order valence-corrected chi connectivity index (χ1v) is 15.6. The van der Waals surface area contributed by atoms with Crippen LogP contribution < -0.4 is 14.5 Å². The van der Waals surface area contributed by atoms with Crippen molar-refractivity contribution in [3.63, 3.8) is 0 Å². The van der Waals surface area contributed by atoms with Gasteiger partial charge in [0.05, 0.1) is 37.2 Å². The molecule has 5 rings (SSSR count). The molecule has 1 N–H and O–H groups in total. The number of aliphatic hydroxyl groups excluding tert-OH is 1. The van der Waals surface area contributed by atoms with Gasteiger partial charge in [-0.2, -0.15) is 0 Å². The van der Waals surface area contributed by atoms with Crippen molar-refractivity contribution >= 4 is 40.7 Å². The van der Waals surface area contributed by atoms with Crippen LogP contribution in [0.5, 0.6) is 5.75 Å². The van der Waals surface area contributed by atoms with E-state index in [0.29, 0.717) is 48.0 Å². The predicted octanol–water partition coefficient (Wildman–Crippen LogP) is 4.62. The average Bonchev–Trinajstić information content (AvgIpc) is 3.68. The van der Waals surface area contributed by atoms with E-state index in [1.54, 1.807) is 58.4 Å². The summed E-state index contributed by atoms with van der Waals surface area (Å²) in [5, 5.41) is 10.9. The van der Waals surface area contributed by atoms with E-state index in [1.165, 1.54) is 4.90 Å². The normalized spacial score (nSPS) is 25.8. The Balaban J connectivity index is 1.55. The van der Waals surface area contributed by atoms with Gasteiger partial charge in [0.1, 0.15) is 17.4 Å². The quantitative estimate of drug-likeness (QED) is 0.328. The van der Waals surface area contributed by atoms with Crippen LogP contribution in [-0.2, 0) is 19.1 Å². The minimum atomic E-state index is -1.22. The molecule has 3 fully saturated rings. The number of aliphatic hydroxyl groups is 1. The highest BCUT2D eigenvalue weighted by Crippen LogP contribution is 2.59. The van der Waals surface area contributed by atoms with E-state index in [-0.39, 0.29) is 37.4 Å². The van der Waals surface area contributed by atoms with Crippen LogP contribution in [0.3, 0.4) is 0 Å². The molecular formula is C34H40ClN3O6. The summed E-state index contributed by atoms with van der Waals surface area (Å²) in [5.41, 5.74) is 0.0231. The Morgan fingerprint density at radius 3 is 2.20 bits per heavy atom. The Bertz CT molecular complexity index is 1390. The molecule has 3 amide bonds. The summed E-state index contributed by atoms with van der Waals surface area (Å²) < 4.78 is 12.2. The number of benzene rings is 2. The van der Waals surface area contributed by atoms with Crippen LogP contribution in [0.1, 0.15) is 33.1 Å². The van der Waals surface area contributed by atoms with Crippen LogP contribution in [-0.4, -0.2) is 77.8 Å². The number of hydrogen-bond donors (Lipinski definition) is 1. The number of rotatable bonds is 13. The lowest BCUT2D eigenvalue weighted by Gasteiger charge is -2.39. The van der Waals surface area contributed by atoms with Crippen molar-refractivity contribution in [2.75, 3.05) is 36.1 Å². The molecule has 10 heteroatoms. The van der Waals surface area contributed by atoms with Gasteiger partial charge < -0.3 is 29.3 Å². The lowest BCUT2D eigenvalue weighted by molar-refractivity contribution is -0.144. The number of carbonyl (C=O) groups excluding carboxylic acids is 3. The van der Waals surface area contributed by atoms with Gasteiger partial charge in [0, 0.05) is 29.5 Å². The van der Waals surface area contributed by atoms with Crippen LogP contribution in [0.15, 0.2) is 73.8 Å². The Morgan fingerprint density at radius 2 is 1.66 bits per heavy atom. The van der Waals surface area contributed by atoms with E-state index in [1.807, 2.05) is 26.0 Å². The van der Waals surface area contributed by atoms with E-state index in [4.69, 9.17) is 21.1 Å². The highest BCUT2D eigenvalue weighted by Gasteiger charge is 2.75. The Labute approximate surface area is 263 Å². The second-order valence-electron chi connectivity index (χ2n) is 11.4. The van der Waals surface area contributed by atoms with Crippen LogP contribution in [0.4, 0.5) is 11.4 Å². The number of carbonyl (C=O) groups is 3. The monoisotopic (exact) mass is 621 g/mol. The Kier molecular flexibility index (Phi) is 9.48. The molecule has 2 aromatic rings. The molecule has 0 saturated carbocycles. The summed E-state index contributed by atoms with van der Waals surface area (Å²) >= 11 is 6.13. The Hall–Kier alpha value is -3.66. The van der Waals surface area contributed by atoms with Crippen LogP contribution in [0.25, 0.3) is 0 Å². The second-order valence-corrected chi connectivity index (χ2v) is 11.9. The molecule has 2 bridgehead atoms. The van der Waals surface area contributed by atoms with E-state index >= 15 is 0 Å². The summed E-state index contributed by atoms with van der Waals surface area (Å²) in [6.07, 6.45) is 4.14. The maximum Gasteiger partial charge on any atom is 0.253 e. The third-order valence-corrected chi connectivity index (χ3v) is 9.34. The highest BCUT2D eigenvalue weighted by atomic mass is 35.5. The van der Waals surface area contributed by atoms with Gasteiger partial charge in [0.25, 0.3) is 5.91 Å². The van der Waals surface area contributed by atoms with Gasteiger partial charge in [0.2, 0.25) is 11.8 Å². The van der Waals surface area contributed by atoms with Gasteiger partial charge in [-0.3, -0.25) is 14.4 Å². The molecule has 2 aromatic carbocycles. The van der Waals surface area contributed by atoms with Gasteiger partial charge in [-0.25, -0.2) is 0 Å². The fourth-order valence-electron chi connectivity index (χ4n) is 7.20.